The van der Waals surface area contributed by atoms with Gasteiger partial charge < -0.3 is 5.11 Å². The fraction of sp³-hybridized carbons (Fsp3) is 1.00. The van der Waals surface area contributed by atoms with E-state index in [9.17, 15) is 13.5 Å². The van der Waals surface area contributed by atoms with Crippen LogP contribution in [0, 0.1) is 5.92 Å². The third-order valence-electron chi connectivity index (χ3n) is 2.35. The summed E-state index contributed by atoms with van der Waals surface area (Å²) in [4.78, 5) is 0. The Hall–Kier alpha value is -0.170. The van der Waals surface area contributed by atoms with Crippen molar-refractivity contribution in [3.63, 3.8) is 0 Å². The van der Waals surface area contributed by atoms with Gasteiger partial charge in [0.1, 0.15) is 0 Å². The Bertz CT molecular complexity index is 265. The molecule has 0 amide bonds. The van der Waals surface area contributed by atoms with Gasteiger partial charge in [0.15, 0.2) is 0 Å². The van der Waals surface area contributed by atoms with Crippen LogP contribution in [0.5, 0.6) is 0 Å². The molecule has 0 aliphatic heterocycles. The zero-order chi connectivity index (χ0) is 12.1. The largest absolute Gasteiger partial charge is 0.393 e. The molecule has 0 radical (unpaired) electrons. The first kappa shape index (κ1) is 14.8. The Morgan fingerprint density at radius 3 is 2.33 bits per heavy atom. The van der Waals surface area contributed by atoms with Gasteiger partial charge in [-0.25, -0.2) is 4.72 Å². The second-order valence-corrected chi connectivity index (χ2v) is 5.78. The van der Waals surface area contributed by atoms with E-state index >= 15 is 0 Å². The van der Waals surface area contributed by atoms with Crippen molar-refractivity contribution in [3.05, 3.63) is 0 Å². The van der Waals surface area contributed by atoms with Crippen molar-refractivity contribution in [1.29, 1.82) is 0 Å². The highest BCUT2D eigenvalue weighted by Gasteiger charge is 2.16. The lowest BCUT2D eigenvalue weighted by Crippen LogP contribution is -2.39. The lowest BCUT2D eigenvalue weighted by atomic mass is 10.1. The molecule has 6 heteroatoms. The molecule has 0 heterocycles. The summed E-state index contributed by atoms with van der Waals surface area (Å²) >= 11 is 0. The molecule has 5 nitrogen and oxygen atoms in total. The molecule has 1 atom stereocenters. The van der Waals surface area contributed by atoms with Gasteiger partial charge in [-0.1, -0.05) is 20.8 Å². The zero-order valence-corrected chi connectivity index (χ0v) is 10.7. The van der Waals surface area contributed by atoms with Gasteiger partial charge in [-0.15, -0.1) is 0 Å². The lowest BCUT2D eigenvalue weighted by Gasteiger charge is -2.18. The fourth-order valence-corrected chi connectivity index (χ4v) is 1.89. The predicted molar refractivity (Wildman–Crippen MR) is 60.7 cm³/mol. The maximum absolute atomic E-state index is 11.4. The van der Waals surface area contributed by atoms with Crippen LogP contribution in [0.3, 0.4) is 0 Å². The zero-order valence-electron chi connectivity index (χ0n) is 9.90. The molecule has 0 rings (SSSR count). The number of hydrogen-bond acceptors (Lipinski definition) is 3. The second-order valence-electron chi connectivity index (χ2n) is 3.91. The van der Waals surface area contributed by atoms with Gasteiger partial charge in [-0.3, -0.25) is 0 Å². The van der Waals surface area contributed by atoms with E-state index in [0.717, 1.165) is 0 Å². The van der Waals surface area contributed by atoms with Gasteiger partial charge in [0, 0.05) is 20.1 Å². The van der Waals surface area contributed by atoms with Gasteiger partial charge in [0.05, 0.1) is 6.10 Å². The Balaban J connectivity index is 3.96. The summed E-state index contributed by atoms with van der Waals surface area (Å²) in [5.74, 6) is 0.151. The van der Waals surface area contributed by atoms with Crippen LogP contribution in [0.4, 0.5) is 0 Å². The van der Waals surface area contributed by atoms with Crippen molar-refractivity contribution in [1.82, 2.24) is 9.03 Å². The van der Waals surface area contributed by atoms with E-state index in [1.807, 2.05) is 13.8 Å². The van der Waals surface area contributed by atoms with Gasteiger partial charge in [-0.2, -0.15) is 12.7 Å². The van der Waals surface area contributed by atoms with Crippen molar-refractivity contribution in [2.45, 2.75) is 33.3 Å². The van der Waals surface area contributed by atoms with Crippen LogP contribution in [0.15, 0.2) is 0 Å². The van der Waals surface area contributed by atoms with Gasteiger partial charge in [0.2, 0.25) is 0 Å². The van der Waals surface area contributed by atoms with Crippen molar-refractivity contribution >= 4 is 10.2 Å². The molecule has 0 aromatic carbocycles. The Morgan fingerprint density at radius 1 is 1.40 bits per heavy atom. The molecule has 92 valence electrons. The smallest absolute Gasteiger partial charge is 0.279 e. The quantitative estimate of drug-likeness (QED) is 0.665. The van der Waals surface area contributed by atoms with Crippen molar-refractivity contribution in [2.75, 3.05) is 20.1 Å². The first-order valence-corrected chi connectivity index (χ1v) is 6.64. The van der Waals surface area contributed by atoms with E-state index in [-0.39, 0.29) is 12.5 Å². The van der Waals surface area contributed by atoms with Crippen molar-refractivity contribution < 1.29 is 13.5 Å². The summed E-state index contributed by atoms with van der Waals surface area (Å²) in [6, 6.07) is 0. The first-order chi connectivity index (χ1) is 6.81. The number of nitrogens with zero attached hydrogens (tertiary/aromatic N) is 1. The van der Waals surface area contributed by atoms with Crippen molar-refractivity contribution in [3.8, 4) is 0 Å². The Morgan fingerprint density at radius 2 is 1.93 bits per heavy atom. The van der Waals surface area contributed by atoms with Gasteiger partial charge in [-0.05, 0) is 12.3 Å². The molecule has 15 heavy (non-hydrogen) atoms. The Kier molecular flexibility index (Phi) is 6.35. The average molecular weight is 238 g/mol. The fourth-order valence-electron chi connectivity index (χ4n) is 0.949. The van der Waals surface area contributed by atoms with E-state index < -0.39 is 16.3 Å². The molecule has 0 saturated heterocycles. The van der Waals surface area contributed by atoms with Crippen molar-refractivity contribution in [2.24, 2.45) is 5.92 Å². The molecule has 0 fully saturated rings. The summed E-state index contributed by atoms with van der Waals surface area (Å²) in [7, 11) is -1.84. The molecule has 0 saturated carbocycles. The minimum absolute atomic E-state index is 0.151. The highest BCUT2D eigenvalue weighted by Crippen LogP contribution is 2.04. The maximum atomic E-state index is 11.4. The van der Waals surface area contributed by atoms with Gasteiger partial charge >= 0.3 is 0 Å². The van der Waals surface area contributed by atoms with Crippen LogP contribution in [-0.4, -0.2) is 44.1 Å². The standard InChI is InChI=1S/C9H22N2O3S/c1-5-11(4)15(13,14)10-7-6-9(12)8(2)3/h8-10,12H,5-7H2,1-4H3. The van der Waals surface area contributed by atoms with E-state index in [2.05, 4.69) is 4.72 Å². The molecule has 0 aromatic rings. The summed E-state index contributed by atoms with van der Waals surface area (Å²) in [5.41, 5.74) is 0. The summed E-state index contributed by atoms with van der Waals surface area (Å²) in [5, 5.41) is 9.47. The molecule has 2 N–H and O–H groups in total. The normalized spacial score (nSPS) is 14.9. The maximum Gasteiger partial charge on any atom is 0.279 e. The minimum atomic E-state index is -3.36. The molecular formula is C9H22N2O3S. The lowest BCUT2D eigenvalue weighted by molar-refractivity contribution is 0.117. The molecule has 1 unspecified atom stereocenters. The second kappa shape index (κ2) is 6.42. The van der Waals surface area contributed by atoms with Crippen LogP contribution >= 0.6 is 0 Å². The highest BCUT2D eigenvalue weighted by molar-refractivity contribution is 7.87. The number of hydrogen-bond donors (Lipinski definition) is 2. The van der Waals surface area contributed by atoms with E-state index in [1.165, 1.54) is 11.4 Å². The molecule has 0 bridgehead atoms. The predicted octanol–water partition coefficient (Wildman–Crippen LogP) is 0.179. The summed E-state index contributed by atoms with van der Waals surface area (Å²) in [6.07, 6.45) is -0.0197. The van der Waals surface area contributed by atoms with Crippen LogP contribution in [0.25, 0.3) is 0 Å². The molecule has 0 aliphatic rings. The molecule has 0 aromatic heterocycles. The van der Waals surface area contributed by atoms with Crippen LogP contribution in [0.2, 0.25) is 0 Å². The number of aliphatic hydroxyl groups excluding tert-OH is 1. The SMILES string of the molecule is CCN(C)S(=O)(=O)NCCC(O)C(C)C. The van der Waals surface area contributed by atoms with Crippen LogP contribution < -0.4 is 4.72 Å². The minimum Gasteiger partial charge on any atom is -0.393 e. The topological polar surface area (TPSA) is 69.6 Å². The molecular weight excluding hydrogens is 216 g/mol. The first-order valence-electron chi connectivity index (χ1n) is 5.20. The third-order valence-corrected chi connectivity index (χ3v) is 4.00. The summed E-state index contributed by atoms with van der Waals surface area (Å²) in [6.45, 7) is 6.27. The van der Waals surface area contributed by atoms with Crippen LogP contribution in [0.1, 0.15) is 27.2 Å². The van der Waals surface area contributed by atoms with E-state index in [1.54, 1.807) is 6.92 Å². The highest BCUT2D eigenvalue weighted by atomic mass is 32.2. The molecule has 0 aliphatic carbocycles. The monoisotopic (exact) mass is 238 g/mol. The molecule has 0 spiro atoms. The number of aliphatic hydroxyl groups is 1. The van der Waals surface area contributed by atoms with Gasteiger partial charge in [0.25, 0.3) is 10.2 Å². The average Bonchev–Trinajstić information content (AvgIpc) is 2.15. The summed E-state index contributed by atoms with van der Waals surface area (Å²) < 4.78 is 26.6. The van der Waals surface area contributed by atoms with Crippen LogP contribution in [-0.2, 0) is 10.2 Å². The van der Waals surface area contributed by atoms with E-state index in [4.69, 9.17) is 0 Å². The van der Waals surface area contributed by atoms with E-state index in [0.29, 0.717) is 13.0 Å². The number of nitrogens with one attached hydrogen (secondary N) is 1. The number of rotatable bonds is 7. The Labute approximate surface area is 92.7 Å². The third kappa shape index (κ3) is 5.46.